The number of sulfonamides is 1. The Kier molecular flexibility index (Phi) is 9.10. The second-order valence-corrected chi connectivity index (χ2v) is 9.29. The Morgan fingerprint density at radius 2 is 1.73 bits per heavy atom. The number of hydrogen-bond donors (Lipinski definition) is 1. The number of carbonyl (C=O) groups is 2. The van der Waals surface area contributed by atoms with Crippen LogP contribution in [0.25, 0.3) is 0 Å². The zero-order valence-electron chi connectivity index (χ0n) is 19.6. The highest BCUT2D eigenvalue weighted by molar-refractivity contribution is 7.92. The number of benzene rings is 2. The van der Waals surface area contributed by atoms with Crippen molar-refractivity contribution in [2.45, 2.75) is 26.4 Å². The standard InChI is InChI=1S/C23H31N3O6S/c1-6-24-23(28)17(2)25(15-18-10-8-7-9-11-18)22(27)16-26(33(5,29)30)20-13-12-19(31-3)14-21(20)32-4/h7-14,17H,6,15-16H2,1-5H3,(H,24,28)/t17-/m0/s1. The zero-order valence-corrected chi connectivity index (χ0v) is 20.4. The van der Waals surface area contributed by atoms with E-state index in [2.05, 4.69) is 5.32 Å². The molecule has 33 heavy (non-hydrogen) atoms. The first-order chi connectivity index (χ1) is 15.6. The van der Waals surface area contributed by atoms with E-state index in [1.54, 1.807) is 19.9 Å². The number of hydrogen-bond acceptors (Lipinski definition) is 6. The monoisotopic (exact) mass is 477 g/mol. The molecule has 0 unspecified atom stereocenters. The average Bonchev–Trinajstić information content (AvgIpc) is 2.80. The second kappa shape index (κ2) is 11.6. The molecule has 0 saturated carbocycles. The summed E-state index contributed by atoms with van der Waals surface area (Å²) >= 11 is 0. The molecule has 2 amide bonds. The third-order valence-electron chi connectivity index (χ3n) is 5.05. The van der Waals surface area contributed by atoms with Crippen LogP contribution < -0.4 is 19.1 Å². The van der Waals surface area contributed by atoms with Crippen LogP contribution in [0.2, 0.25) is 0 Å². The molecule has 1 N–H and O–H groups in total. The maximum absolute atomic E-state index is 13.4. The summed E-state index contributed by atoms with van der Waals surface area (Å²) in [7, 11) is -0.978. The van der Waals surface area contributed by atoms with Gasteiger partial charge in [-0.3, -0.25) is 13.9 Å². The third kappa shape index (κ3) is 6.85. The lowest BCUT2D eigenvalue weighted by molar-refractivity contribution is -0.139. The molecule has 2 aromatic carbocycles. The lowest BCUT2D eigenvalue weighted by Gasteiger charge is -2.31. The SMILES string of the molecule is CCNC(=O)[C@H](C)N(Cc1ccccc1)C(=O)CN(c1ccc(OC)cc1OC)S(C)(=O)=O. The molecule has 0 aliphatic heterocycles. The smallest absolute Gasteiger partial charge is 0.244 e. The van der Waals surface area contributed by atoms with E-state index in [0.717, 1.165) is 16.1 Å². The van der Waals surface area contributed by atoms with Gasteiger partial charge in [0.1, 0.15) is 24.1 Å². The lowest BCUT2D eigenvalue weighted by Crippen LogP contribution is -2.51. The molecule has 0 heterocycles. The molecular weight excluding hydrogens is 446 g/mol. The Hall–Kier alpha value is -3.27. The maximum atomic E-state index is 13.4. The Morgan fingerprint density at radius 1 is 1.06 bits per heavy atom. The Labute approximate surface area is 195 Å². The molecule has 9 nitrogen and oxygen atoms in total. The maximum Gasteiger partial charge on any atom is 0.244 e. The van der Waals surface area contributed by atoms with Gasteiger partial charge in [0.2, 0.25) is 21.8 Å². The number of nitrogens with zero attached hydrogens (tertiary/aromatic N) is 2. The molecule has 0 aromatic heterocycles. The molecule has 0 saturated heterocycles. The topological polar surface area (TPSA) is 105 Å². The quantitative estimate of drug-likeness (QED) is 0.531. The summed E-state index contributed by atoms with van der Waals surface area (Å²) in [6.07, 6.45) is 1.01. The van der Waals surface area contributed by atoms with Crippen molar-refractivity contribution in [3.05, 3.63) is 54.1 Å². The fourth-order valence-electron chi connectivity index (χ4n) is 3.27. The number of amides is 2. The lowest BCUT2D eigenvalue weighted by atomic mass is 10.1. The van der Waals surface area contributed by atoms with E-state index in [1.807, 2.05) is 30.3 Å². The molecule has 0 spiro atoms. The van der Waals surface area contributed by atoms with Gasteiger partial charge in [-0.05, 0) is 31.5 Å². The third-order valence-corrected chi connectivity index (χ3v) is 6.18. The summed E-state index contributed by atoms with van der Waals surface area (Å²) in [5.74, 6) is -0.138. The van der Waals surface area contributed by atoms with Crippen LogP contribution in [-0.4, -0.2) is 64.7 Å². The van der Waals surface area contributed by atoms with Gasteiger partial charge in [-0.25, -0.2) is 8.42 Å². The highest BCUT2D eigenvalue weighted by Gasteiger charge is 2.31. The van der Waals surface area contributed by atoms with Crippen molar-refractivity contribution in [3.8, 4) is 11.5 Å². The van der Waals surface area contributed by atoms with Crippen LogP contribution in [0.5, 0.6) is 11.5 Å². The minimum atomic E-state index is -3.86. The Balaban J connectivity index is 2.43. The largest absolute Gasteiger partial charge is 0.497 e. The first-order valence-electron chi connectivity index (χ1n) is 10.4. The Bertz CT molecular complexity index is 1060. The van der Waals surface area contributed by atoms with E-state index in [0.29, 0.717) is 12.3 Å². The molecule has 2 aromatic rings. The van der Waals surface area contributed by atoms with Gasteiger partial charge in [0.25, 0.3) is 0 Å². The summed E-state index contributed by atoms with van der Waals surface area (Å²) in [4.78, 5) is 27.3. The van der Waals surface area contributed by atoms with Gasteiger partial charge >= 0.3 is 0 Å². The van der Waals surface area contributed by atoms with Crippen LogP contribution in [0, 0.1) is 0 Å². The average molecular weight is 478 g/mol. The van der Waals surface area contributed by atoms with E-state index in [1.165, 1.54) is 31.3 Å². The predicted octanol–water partition coefficient (Wildman–Crippen LogP) is 2.02. The first kappa shape index (κ1) is 26.0. The normalized spacial score (nSPS) is 11.9. The van der Waals surface area contributed by atoms with E-state index in [9.17, 15) is 18.0 Å². The second-order valence-electron chi connectivity index (χ2n) is 7.39. The van der Waals surface area contributed by atoms with Gasteiger partial charge in [-0.2, -0.15) is 0 Å². The van der Waals surface area contributed by atoms with Crippen LogP contribution in [0.15, 0.2) is 48.5 Å². The van der Waals surface area contributed by atoms with Crippen molar-refractivity contribution in [1.29, 1.82) is 0 Å². The van der Waals surface area contributed by atoms with Crippen molar-refractivity contribution < 1.29 is 27.5 Å². The number of carbonyl (C=O) groups excluding carboxylic acids is 2. The predicted molar refractivity (Wildman–Crippen MR) is 127 cm³/mol. The van der Waals surface area contributed by atoms with Crippen LogP contribution in [0.1, 0.15) is 19.4 Å². The van der Waals surface area contributed by atoms with E-state index >= 15 is 0 Å². The van der Waals surface area contributed by atoms with Gasteiger partial charge in [-0.15, -0.1) is 0 Å². The minimum absolute atomic E-state index is 0.148. The van der Waals surface area contributed by atoms with Gasteiger partial charge in [0.05, 0.1) is 26.2 Å². The molecular formula is C23H31N3O6S. The molecule has 0 aliphatic carbocycles. The molecule has 0 fully saturated rings. The van der Waals surface area contributed by atoms with Crippen molar-refractivity contribution >= 4 is 27.5 Å². The van der Waals surface area contributed by atoms with E-state index < -0.39 is 28.5 Å². The summed E-state index contributed by atoms with van der Waals surface area (Å²) in [5.41, 5.74) is 1.01. The van der Waals surface area contributed by atoms with Crippen molar-refractivity contribution in [2.24, 2.45) is 0 Å². The molecule has 2 rings (SSSR count). The fourth-order valence-corrected chi connectivity index (χ4v) is 4.12. The molecule has 180 valence electrons. The summed E-state index contributed by atoms with van der Waals surface area (Å²) in [5, 5.41) is 2.71. The van der Waals surface area contributed by atoms with E-state index in [4.69, 9.17) is 9.47 Å². The van der Waals surface area contributed by atoms with Crippen LogP contribution in [0.4, 0.5) is 5.69 Å². The van der Waals surface area contributed by atoms with Crippen molar-refractivity contribution in [2.75, 3.05) is 37.9 Å². The highest BCUT2D eigenvalue weighted by Crippen LogP contribution is 2.33. The number of nitrogens with one attached hydrogen (secondary N) is 1. The number of methoxy groups -OCH3 is 2. The van der Waals surface area contributed by atoms with Crippen molar-refractivity contribution in [3.63, 3.8) is 0 Å². The van der Waals surface area contributed by atoms with Crippen molar-refractivity contribution in [1.82, 2.24) is 10.2 Å². The number of rotatable bonds is 11. The van der Waals surface area contributed by atoms with E-state index in [-0.39, 0.29) is 23.9 Å². The first-order valence-corrected chi connectivity index (χ1v) is 12.3. The summed E-state index contributed by atoms with van der Waals surface area (Å²) in [6.45, 7) is 3.46. The molecule has 0 aliphatic rings. The van der Waals surface area contributed by atoms with Crippen LogP contribution in [-0.2, 0) is 26.2 Å². The highest BCUT2D eigenvalue weighted by atomic mass is 32.2. The number of anilines is 1. The number of likely N-dealkylation sites (N-methyl/N-ethyl adjacent to an activating group) is 1. The molecule has 10 heteroatoms. The minimum Gasteiger partial charge on any atom is -0.497 e. The summed E-state index contributed by atoms with van der Waals surface area (Å²) < 4.78 is 36.8. The van der Waals surface area contributed by atoms with Gasteiger partial charge in [-0.1, -0.05) is 30.3 Å². The van der Waals surface area contributed by atoms with Crippen LogP contribution >= 0.6 is 0 Å². The molecule has 0 bridgehead atoms. The van der Waals surface area contributed by atoms with Gasteiger partial charge in [0.15, 0.2) is 0 Å². The molecule has 0 radical (unpaired) electrons. The zero-order chi connectivity index (χ0) is 24.6. The Morgan fingerprint density at radius 3 is 2.27 bits per heavy atom. The summed E-state index contributed by atoms with van der Waals surface area (Å²) in [6, 6.07) is 13.0. The molecule has 1 atom stereocenters. The number of ether oxygens (including phenoxy) is 2. The van der Waals surface area contributed by atoms with Gasteiger partial charge < -0.3 is 19.7 Å². The van der Waals surface area contributed by atoms with Gasteiger partial charge in [0, 0.05) is 19.2 Å². The fraction of sp³-hybridized carbons (Fsp3) is 0.391. The van der Waals surface area contributed by atoms with Crippen LogP contribution in [0.3, 0.4) is 0 Å².